The van der Waals surface area contributed by atoms with Gasteiger partial charge in [0.05, 0.1) is 17.9 Å². The van der Waals surface area contributed by atoms with E-state index in [1.165, 1.54) is 36.2 Å². The molecule has 0 unspecified atom stereocenters. The summed E-state index contributed by atoms with van der Waals surface area (Å²) in [5, 5.41) is 29.6. The maximum Gasteiger partial charge on any atom is 0.265 e. The van der Waals surface area contributed by atoms with E-state index in [-0.39, 0.29) is 35.2 Å². The van der Waals surface area contributed by atoms with E-state index in [9.17, 15) is 23.4 Å². The number of rotatable bonds is 7. The van der Waals surface area contributed by atoms with Gasteiger partial charge in [-0.05, 0) is 54.7 Å². The fourth-order valence-corrected chi connectivity index (χ4v) is 4.60. The van der Waals surface area contributed by atoms with Crippen LogP contribution in [0.5, 0.6) is 11.5 Å². The van der Waals surface area contributed by atoms with Crippen LogP contribution in [0.25, 0.3) is 0 Å². The monoisotopic (exact) mass is 484 g/mol. The number of halogens is 1. The molecule has 1 aliphatic rings. The molecule has 1 saturated carbocycles. The smallest absolute Gasteiger partial charge is 0.265 e. The minimum atomic E-state index is -4.24. The summed E-state index contributed by atoms with van der Waals surface area (Å²) >= 11 is 3.17. The van der Waals surface area contributed by atoms with Gasteiger partial charge in [0.2, 0.25) is 0 Å². The van der Waals surface area contributed by atoms with Crippen molar-refractivity contribution in [2.24, 2.45) is 0 Å². The standard InChI is InChI=1S/C19H21BrN2O6S/c1-22(6-7-23)19(26)14-8-12(11-2-3-11)9-15(18(14)25)21-29(27,28)17-10-13(20)4-5-16(17)24/h4-5,8-11,21,23-25H,2-3,6-7H2,1H3. The van der Waals surface area contributed by atoms with Gasteiger partial charge >= 0.3 is 0 Å². The number of phenols is 2. The van der Waals surface area contributed by atoms with Gasteiger partial charge < -0.3 is 20.2 Å². The van der Waals surface area contributed by atoms with Gasteiger partial charge in [-0.2, -0.15) is 0 Å². The van der Waals surface area contributed by atoms with Crippen molar-refractivity contribution in [3.63, 3.8) is 0 Å². The third-order valence-corrected chi connectivity index (χ3v) is 6.54. The van der Waals surface area contributed by atoms with E-state index in [1.54, 1.807) is 6.07 Å². The van der Waals surface area contributed by atoms with Gasteiger partial charge in [0.15, 0.2) is 5.75 Å². The highest BCUT2D eigenvalue weighted by molar-refractivity contribution is 9.10. The Morgan fingerprint density at radius 1 is 1.24 bits per heavy atom. The van der Waals surface area contributed by atoms with Crippen LogP contribution < -0.4 is 4.72 Å². The quantitative estimate of drug-likeness (QED) is 0.447. The highest BCUT2D eigenvalue weighted by atomic mass is 79.9. The Bertz CT molecular complexity index is 1050. The summed E-state index contributed by atoms with van der Waals surface area (Å²) in [5.74, 6) is -1.31. The lowest BCUT2D eigenvalue weighted by Crippen LogP contribution is -2.29. The highest BCUT2D eigenvalue weighted by Gasteiger charge is 2.29. The van der Waals surface area contributed by atoms with Gasteiger partial charge in [-0.25, -0.2) is 8.42 Å². The van der Waals surface area contributed by atoms with Crippen molar-refractivity contribution in [2.45, 2.75) is 23.7 Å². The third kappa shape index (κ3) is 4.65. The highest BCUT2D eigenvalue weighted by Crippen LogP contribution is 2.44. The van der Waals surface area contributed by atoms with Crippen LogP contribution in [0.4, 0.5) is 5.69 Å². The van der Waals surface area contributed by atoms with Crippen molar-refractivity contribution in [3.8, 4) is 11.5 Å². The number of nitrogens with zero attached hydrogens (tertiary/aromatic N) is 1. The van der Waals surface area contributed by atoms with E-state index < -0.39 is 27.4 Å². The zero-order valence-electron chi connectivity index (χ0n) is 15.6. The first-order valence-corrected chi connectivity index (χ1v) is 11.2. The minimum Gasteiger partial charge on any atom is -0.507 e. The summed E-state index contributed by atoms with van der Waals surface area (Å²) < 4.78 is 28.4. The first kappa shape index (κ1) is 21.4. The van der Waals surface area contributed by atoms with Gasteiger partial charge in [0.25, 0.3) is 15.9 Å². The Hall–Kier alpha value is -2.30. The van der Waals surface area contributed by atoms with E-state index in [0.29, 0.717) is 4.47 Å². The van der Waals surface area contributed by atoms with Gasteiger partial charge in [-0.1, -0.05) is 15.9 Å². The molecule has 156 valence electrons. The summed E-state index contributed by atoms with van der Waals surface area (Å²) in [6.45, 7) is -0.175. The lowest BCUT2D eigenvalue weighted by molar-refractivity contribution is 0.0764. The Labute approximate surface area is 177 Å². The maximum atomic E-state index is 12.8. The number of carbonyl (C=O) groups excluding carboxylic acids is 1. The van der Waals surface area contributed by atoms with Crippen LogP contribution in [0.3, 0.4) is 0 Å². The molecule has 1 fully saturated rings. The second-order valence-corrected chi connectivity index (χ2v) is 9.47. The van der Waals surface area contributed by atoms with Crippen LogP contribution in [0.1, 0.15) is 34.7 Å². The largest absolute Gasteiger partial charge is 0.507 e. The van der Waals surface area contributed by atoms with Crippen LogP contribution in [0.2, 0.25) is 0 Å². The molecular formula is C19H21BrN2O6S. The molecule has 3 rings (SSSR count). The number of amides is 1. The van der Waals surface area contributed by atoms with Gasteiger partial charge in [-0.3, -0.25) is 9.52 Å². The molecule has 2 aromatic carbocycles. The van der Waals surface area contributed by atoms with E-state index in [0.717, 1.165) is 18.4 Å². The van der Waals surface area contributed by atoms with E-state index in [4.69, 9.17) is 5.11 Å². The molecular weight excluding hydrogens is 464 g/mol. The summed E-state index contributed by atoms with van der Waals surface area (Å²) in [5.41, 5.74) is 0.538. The number of likely N-dealkylation sites (N-methyl/N-ethyl adjacent to an activating group) is 1. The van der Waals surface area contributed by atoms with Crippen molar-refractivity contribution in [2.75, 3.05) is 24.9 Å². The van der Waals surface area contributed by atoms with Crippen molar-refractivity contribution in [3.05, 3.63) is 45.9 Å². The molecule has 1 aliphatic carbocycles. The number of sulfonamides is 1. The SMILES string of the molecule is CN(CCO)C(=O)c1cc(C2CC2)cc(NS(=O)(=O)c2cc(Br)ccc2O)c1O. The third-order valence-electron chi connectivity index (χ3n) is 4.65. The second-order valence-electron chi connectivity index (χ2n) is 6.91. The molecule has 0 atom stereocenters. The zero-order chi connectivity index (χ0) is 21.3. The van der Waals surface area contributed by atoms with Gasteiger partial charge in [-0.15, -0.1) is 0 Å². The van der Waals surface area contributed by atoms with Crippen LogP contribution in [0.15, 0.2) is 39.7 Å². The second kappa shape index (κ2) is 8.21. The van der Waals surface area contributed by atoms with E-state index in [2.05, 4.69) is 20.7 Å². The molecule has 2 aromatic rings. The van der Waals surface area contributed by atoms with Crippen LogP contribution >= 0.6 is 15.9 Å². The number of aliphatic hydroxyl groups is 1. The molecule has 29 heavy (non-hydrogen) atoms. The first-order chi connectivity index (χ1) is 13.6. The topological polar surface area (TPSA) is 127 Å². The molecule has 10 heteroatoms. The van der Waals surface area contributed by atoms with E-state index >= 15 is 0 Å². The first-order valence-electron chi connectivity index (χ1n) is 8.88. The molecule has 1 amide bonds. The number of hydrogen-bond acceptors (Lipinski definition) is 6. The molecule has 0 saturated heterocycles. The number of phenolic OH excluding ortho intramolecular Hbond substituents is 2. The number of anilines is 1. The van der Waals surface area contributed by atoms with Crippen molar-refractivity contribution in [1.82, 2.24) is 4.90 Å². The molecule has 0 radical (unpaired) electrons. The fraction of sp³-hybridized carbons (Fsp3) is 0.316. The summed E-state index contributed by atoms with van der Waals surface area (Å²) in [6.07, 6.45) is 1.81. The average Bonchev–Trinajstić information content (AvgIpc) is 3.50. The summed E-state index contributed by atoms with van der Waals surface area (Å²) in [6, 6.07) is 7.02. The number of benzene rings is 2. The molecule has 8 nitrogen and oxygen atoms in total. The van der Waals surface area contributed by atoms with Crippen LogP contribution in [0, 0.1) is 0 Å². The van der Waals surface area contributed by atoms with Gasteiger partial charge in [0.1, 0.15) is 10.6 Å². The number of carbonyl (C=O) groups is 1. The van der Waals surface area contributed by atoms with Crippen molar-refractivity contribution >= 4 is 37.5 Å². The predicted octanol–water partition coefficient (Wildman–Crippen LogP) is 2.60. The number of aromatic hydroxyl groups is 2. The Kier molecular flexibility index (Phi) is 6.06. The molecule has 0 aliphatic heterocycles. The predicted molar refractivity (Wildman–Crippen MR) is 111 cm³/mol. The van der Waals surface area contributed by atoms with E-state index in [1.807, 2.05) is 0 Å². The van der Waals surface area contributed by atoms with Crippen LogP contribution in [-0.2, 0) is 10.0 Å². The zero-order valence-corrected chi connectivity index (χ0v) is 18.0. The Morgan fingerprint density at radius 2 is 1.93 bits per heavy atom. The number of hydrogen-bond donors (Lipinski definition) is 4. The molecule has 0 heterocycles. The number of aliphatic hydroxyl groups excluding tert-OH is 1. The Morgan fingerprint density at radius 3 is 2.55 bits per heavy atom. The minimum absolute atomic E-state index is 0.0542. The average molecular weight is 485 g/mol. The summed E-state index contributed by atoms with van der Waals surface area (Å²) in [7, 11) is -2.76. The normalized spacial score (nSPS) is 13.9. The van der Waals surface area contributed by atoms with Crippen LogP contribution in [-0.4, -0.2) is 54.7 Å². The molecule has 4 N–H and O–H groups in total. The van der Waals surface area contributed by atoms with Gasteiger partial charge in [0, 0.05) is 18.1 Å². The number of nitrogens with one attached hydrogen (secondary N) is 1. The van der Waals surface area contributed by atoms with Crippen molar-refractivity contribution in [1.29, 1.82) is 0 Å². The van der Waals surface area contributed by atoms with Crippen molar-refractivity contribution < 1.29 is 28.5 Å². The Balaban J connectivity index is 2.04. The summed E-state index contributed by atoms with van der Waals surface area (Å²) in [4.78, 5) is 13.5. The molecule has 0 spiro atoms. The lowest BCUT2D eigenvalue weighted by atomic mass is 10.0. The molecule has 0 bridgehead atoms. The maximum absolute atomic E-state index is 12.8. The fourth-order valence-electron chi connectivity index (χ4n) is 2.91. The lowest BCUT2D eigenvalue weighted by Gasteiger charge is -2.19. The molecule has 0 aromatic heterocycles.